The average Bonchev–Trinajstić information content (AvgIpc) is 3.05. The molecule has 0 spiro atoms. The largest absolute Gasteiger partial charge is 0.465 e. The van der Waals surface area contributed by atoms with Gasteiger partial charge in [-0.05, 0) is 64.0 Å². The second-order valence-electron chi connectivity index (χ2n) is 7.32. The summed E-state index contributed by atoms with van der Waals surface area (Å²) in [6.45, 7) is 5.37. The Bertz CT molecular complexity index is 491. The Kier molecular flexibility index (Phi) is 3.80. The van der Waals surface area contributed by atoms with E-state index < -0.39 is 0 Å². The SMILES string of the molecule is Cc1oc(CN2CCCC3CCCC32)cc1CNC1CC1. The summed E-state index contributed by atoms with van der Waals surface area (Å²) in [4.78, 5) is 2.69. The van der Waals surface area contributed by atoms with Crippen LogP contribution in [0, 0.1) is 12.8 Å². The fraction of sp³-hybridized carbons (Fsp3) is 0.778. The molecule has 1 saturated heterocycles. The number of rotatable bonds is 5. The summed E-state index contributed by atoms with van der Waals surface area (Å²) in [7, 11) is 0. The van der Waals surface area contributed by atoms with E-state index in [1.165, 1.54) is 62.8 Å². The first kappa shape index (κ1) is 13.8. The summed E-state index contributed by atoms with van der Waals surface area (Å²) >= 11 is 0. The molecular weight excluding hydrogens is 260 g/mol. The Hall–Kier alpha value is -0.800. The molecule has 2 unspecified atom stereocenters. The molecule has 4 rings (SSSR count). The van der Waals surface area contributed by atoms with Crippen LogP contribution in [0.25, 0.3) is 0 Å². The highest BCUT2D eigenvalue weighted by atomic mass is 16.3. The molecule has 2 aliphatic carbocycles. The van der Waals surface area contributed by atoms with Gasteiger partial charge in [0.25, 0.3) is 0 Å². The van der Waals surface area contributed by atoms with Gasteiger partial charge in [-0.15, -0.1) is 0 Å². The van der Waals surface area contributed by atoms with Crippen LogP contribution in [-0.2, 0) is 13.1 Å². The molecule has 2 heterocycles. The minimum atomic E-state index is 0.768. The lowest BCUT2D eigenvalue weighted by Gasteiger charge is -2.37. The summed E-state index contributed by atoms with van der Waals surface area (Å²) in [6, 6.07) is 3.89. The lowest BCUT2D eigenvalue weighted by Crippen LogP contribution is -2.41. The van der Waals surface area contributed by atoms with Gasteiger partial charge in [-0.25, -0.2) is 0 Å². The van der Waals surface area contributed by atoms with Gasteiger partial charge in [0.2, 0.25) is 0 Å². The fourth-order valence-electron chi connectivity index (χ4n) is 4.34. The standard InChI is InChI=1S/C18H28N2O/c1-13-15(11-19-16-7-8-16)10-17(21-13)12-20-9-3-5-14-4-2-6-18(14)20/h10,14,16,18-19H,2-9,11-12H2,1H3. The summed E-state index contributed by atoms with van der Waals surface area (Å²) in [6.07, 6.45) is 9.81. The molecule has 0 bridgehead atoms. The van der Waals surface area contributed by atoms with Crippen molar-refractivity contribution in [2.75, 3.05) is 6.54 Å². The number of likely N-dealkylation sites (tertiary alicyclic amines) is 1. The third kappa shape index (κ3) is 3.04. The maximum Gasteiger partial charge on any atom is 0.118 e. The van der Waals surface area contributed by atoms with Crippen LogP contribution in [0.15, 0.2) is 10.5 Å². The van der Waals surface area contributed by atoms with E-state index in [0.29, 0.717) is 0 Å². The number of nitrogens with zero attached hydrogens (tertiary/aromatic N) is 1. The van der Waals surface area contributed by atoms with Crippen molar-refractivity contribution in [3.8, 4) is 0 Å². The van der Waals surface area contributed by atoms with Crippen molar-refractivity contribution in [1.29, 1.82) is 0 Å². The first-order chi connectivity index (χ1) is 10.3. The zero-order valence-corrected chi connectivity index (χ0v) is 13.2. The van der Waals surface area contributed by atoms with E-state index in [4.69, 9.17) is 4.42 Å². The van der Waals surface area contributed by atoms with Crippen molar-refractivity contribution in [3.05, 3.63) is 23.2 Å². The predicted molar refractivity (Wildman–Crippen MR) is 84.1 cm³/mol. The highest BCUT2D eigenvalue weighted by molar-refractivity contribution is 5.21. The zero-order chi connectivity index (χ0) is 14.2. The molecule has 3 aliphatic rings. The lowest BCUT2D eigenvalue weighted by molar-refractivity contribution is 0.0976. The Morgan fingerprint density at radius 2 is 2.05 bits per heavy atom. The Labute approximate surface area is 128 Å². The molecule has 0 radical (unpaired) electrons. The predicted octanol–water partition coefficient (Wildman–Crippen LogP) is 3.60. The van der Waals surface area contributed by atoms with Crippen LogP contribution >= 0.6 is 0 Å². The number of hydrogen-bond acceptors (Lipinski definition) is 3. The first-order valence-electron chi connectivity index (χ1n) is 8.85. The average molecular weight is 288 g/mol. The maximum atomic E-state index is 6.04. The monoisotopic (exact) mass is 288 g/mol. The Morgan fingerprint density at radius 3 is 2.90 bits per heavy atom. The summed E-state index contributed by atoms with van der Waals surface area (Å²) in [5, 5.41) is 3.59. The summed E-state index contributed by atoms with van der Waals surface area (Å²) in [5.74, 6) is 3.25. The molecule has 1 aromatic rings. The summed E-state index contributed by atoms with van der Waals surface area (Å²) < 4.78 is 6.04. The second kappa shape index (κ2) is 5.77. The quantitative estimate of drug-likeness (QED) is 0.897. The van der Waals surface area contributed by atoms with E-state index >= 15 is 0 Å². The van der Waals surface area contributed by atoms with E-state index in [1.54, 1.807) is 0 Å². The number of fused-ring (bicyclic) bond motifs is 1. The van der Waals surface area contributed by atoms with Crippen molar-refractivity contribution in [2.45, 2.75) is 77.0 Å². The van der Waals surface area contributed by atoms with Gasteiger partial charge < -0.3 is 9.73 Å². The second-order valence-corrected chi connectivity index (χ2v) is 7.32. The highest BCUT2D eigenvalue weighted by Crippen LogP contribution is 2.37. The molecule has 3 fully saturated rings. The molecular formula is C18H28N2O. The summed E-state index contributed by atoms with van der Waals surface area (Å²) in [5.41, 5.74) is 1.36. The van der Waals surface area contributed by atoms with Crippen molar-refractivity contribution in [2.24, 2.45) is 5.92 Å². The Balaban J connectivity index is 1.40. The topological polar surface area (TPSA) is 28.4 Å². The van der Waals surface area contributed by atoms with Crippen molar-refractivity contribution in [1.82, 2.24) is 10.2 Å². The van der Waals surface area contributed by atoms with Crippen LogP contribution in [0.4, 0.5) is 0 Å². The fourth-order valence-corrected chi connectivity index (χ4v) is 4.34. The van der Waals surface area contributed by atoms with Crippen LogP contribution in [0.2, 0.25) is 0 Å². The normalized spacial score (nSPS) is 29.8. The first-order valence-corrected chi connectivity index (χ1v) is 8.85. The zero-order valence-electron chi connectivity index (χ0n) is 13.2. The molecule has 2 atom stereocenters. The maximum absolute atomic E-state index is 6.04. The molecule has 3 heteroatoms. The third-order valence-corrected chi connectivity index (χ3v) is 5.70. The molecule has 21 heavy (non-hydrogen) atoms. The molecule has 1 N–H and O–H groups in total. The van der Waals surface area contributed by atoms with Gasteiger partial charge >= 0.3 is 0 Å². The van der Waals surface area contributed by atoms with Gasteiger partial charge in [-0.3, -0.25) is 4.90 Å². The molecule has 116 valence electrons. The van der Waals surface area contributed by atoms with E-state index in [-0.39, 0.29) is 0 Å². The lowest BCUT2D eigenvalue weighted by atomic mass is 9.92. The number of hydrogen-bond donors (Lipinski definition) is 1. The van der Waals surface area contributed by atoms with Crippen LogP contribution in [0.3, 0.4) is 0 Å². The van der Waals surface area contributed by atoms with E-state index in [9.17, 15) is 0 Å². The molecule has 2 saturated carbocycles. The molecule has 1 aliphatic heterocycles. The number of piperidine rings is 1. The van der Waals surface area contributed by atoms with Gasteiger partial charge in [-0.2, -0.15) is 0 Å². The van der Waals surface area contributed by atoms with Crippen LogP contribution in [0.5, 0.6) is 0 Å². The minimum absolute atomic E-state index is 0.768. The highest BCUT2D eigenvalue weighted by Gasteiger charge is 2.35. The van der Waals surface area contributed by atoms with Crippen molar-refractivity contribution >= 4 is 0 Å². The van der Waals surface area contributed by atoms with Crippen LogP contribution in [-0.4, -0.2) is 23.5 Å². The molecule has 0 aromatic carbocycles. The van der Waals surface area contributed by atoms with Crippen LogP contribution in [0.1, 0.15) is 62.0 Å². The van der Waals surface area contributed by atoms with Crippen molar-refractivity contribution < 1.29 is 4.42 Å². The van der Waals surface area contributed by atoms with E-state index in [1.807, 2.05) is 0 Å². The minimum Gasteiger partial charge on any atom is -0.465 e. The number of aryl methyl sites for hydroxylation is 1. The molecule has 1 aromatic heterocycles. The Morgan fingerprint density at radius 1 is 1.19 bits per heavy atom. The van der Waals surface area contributed by atoms with Gasteiger partial charge in [0.05, 0.1) is 6.54 Å². The number of furan rings is 1. The van der Waals surface area contributed by atoms with Crippen molar-refractivity contribution in [3.63, 3.8) is 0 Å². The van der Waals surface area contributed by atoms with Gasteiger partial charge in [0.15, 0.2) is 0 Å². The van der Waals surface area contributed by atoms with Gasteiger partial charge in [-0.1, -0.05) is 6.42 Å². The van der Waals surface area contributed by atoms with Gasteiger partial charge in [0, 0.05) is 24.2 Å². The molecule has 0 amide bonds. The van der Waals surface area contributed by atoms with E-state index in [2.05, 4.69) is 23.2 Å². The third-order valence-electron chi connectivity index (χ3n) is 5.70. The van der Waals surface area contributed by atoms with E-state index in [0.717, 1.165) is 36.9 Å². The van der Waals surface area contributed by atoms with Crippen LogP contribution < -0.4 is 5.32 Å². The number of nitrogens with one attached hydrogen (secondary N) is 1. The smallest absolute Gasteiger partial charge is 0.118 e. The molecule has 3 nitrogen and oxygen atoms in total. The van der Waals surface area contributed by atoms with Gasteiger partial charge in [0.1, 0.15) is 11.5 Å².